The predicted molar refractivity (Wildman–Crippen MR) is 80.0 cm³/mol. The van der Waals surface area contributed by atoms with Crippen molar-refractivity contribution in [1.29, 1.82) is 0 Å². The quantitative estimate of drug-likeness (QED) is 0.308. The highest BCUT2D eigenvalue weighted by atomic mass is 16.6. The lowest BCUT2D eigenvalue weighted by atomic mass is 10.1. The topological polar surface area (TPSA) is 101 Å². The normalized spacial score (nSPS) is 19.4. The second kappa shape index (κ2) is 6.91. The molecule has 0 spiro atoms. The number of rotatable bonds is 8. The third-order valence-corrected chi connectivity index (χ3v) is 4.07. The van der Waals surface area contributed by atoms with Crippen molar-refractivity contribution in [3.8, 4) is 0 Å². The highest BCUT2D eigenvalue weighted by Crippen LogP contribution is 2.34. The smallest absolute Gasteiger partial charge is 0.316 e. The molecule has 0 N–H and O–H groups in total. The SMILES string of the molecule is COCCn1c(C)cc(C(=O)COC(=O)C2CC2[N+](=O)[O-])c1C. The maximum Gasteiger partial charge on any atom is 0.316 e. The summed E-state index contributed by atoms with van der Waals surface area (Å²) in [7, 11) is 1.61. The zero-order valence-electron chi connectivity index (χ0n) is 13.4. The van der Waals surface area contributed by atoms with Crippen LogP contribution in [0.5, 0.6) is 0 Å². The molecule has 2 rings (SSSR count). The number of ketones is 1. The molecular formula is C15H20N2O6. The van der Waals surface area contributed by atoms with Crippen LogP contribution in [0.3, 0.4) is 0 Å². The van der Waals surface area contributed by atoms with Gasteiger partial charge in [0.1, 0.15) is 5.92 Å². The number of carbonyl (C=O) groups is 2. The van der Waals surface area contributed by atoms with Crippen LogP contribution in [0, 0.1) is 29.9 Å². The van der Waals surface area contributed by atoms with Crippen LogP contribution < -0.4 is 0 Å². The monoisotopic (exact) mass is 324 g/mol. The average molecular weight is 324 g/mol. The summed E-state index contributed by atoms with van der Waals surface area (Å²) in [6.07, 6.45) is 0.186. The molecule has 2 atom stereocenters. The number of methoxy groups -OCH3 is 1. The lowest BCUT2D eigenvalue weighted by Crippen LogP contribution is -2.18. The molecule has 126 valence electrons. The average Bonchev–Trinajstić information content (AvgIpc) is 3.25. The Morgan fingerprint density at radius 2 is 2.13 bits per heavy atom. The molecular weight excluding hydrogens is 304 g/mol. The molecule has 1 aromatic rings. The van der Waals surface area contributed by atoms with E-state index in [0.717, 1.165) is 11.4 Å². The van der Waals surface area contributed by atoms with E-state index in [1.54, 1.807) is 13.2 Å². The molecule has 0 radical (unpaired) electrons. The molecule has 0 aromatic carbocycles. The van der Waals surface area contributed by atoms with Gasteiger partial charge in [-0.15, -0.1) is 0 Å². The molecule has 0 bridgehead atoms. The minimum atomic E-state index is -0.864. The Kier molecular flexibility index (Phi) is 5.15. The van der Waals surface area contributed by atoms with Crippen LogP contribution in [0.4, 0.5) is 0 Å². The van der Waals surface area contributed by atoms with Crippen molar-refractivity contribution in [2.45, 2.75) is 32.9 Å². The van der Waals surface area contributed by atoms with E-state index in [2.05, 4.69) is 0 Å². The first-order valence-electron chi connectivity index (χ1n) is 7.35. The summed E-state index contributed by atoms with van der Waals surface area (Å²) in [6, 6.07) is 0.884. The molecule has 1 fully saturated rings. The van der Waals surface area contributed by atoms with E-state index in [4.69, 9.17) is 9.47 Å². The van der Waals surface area contributed by atoms with Crippen molar-refractivity contribution >= 4 is 11.8 Å². The Hall–Kier alpha value is -2.22. The Balaban J connectivity index is 1.94. The minimum absolute atomic E-state index is 0.186. The van der Waals surface area contributed by atoms with Crippen LogP contribution >= 0.6 is 0 Å². The fourth-order valence-electron chi connectivity index (χ4n) is 2.60. The van der Waals surface area contributed by atoms with Crippen LogP contribution in [0.2, 0.25) is 0 Å². The predicted octanol–water partition coefficient (Wildman–Crippen LogP) is 1.14. The van der Waals surface area contributed by atoms with Crippen molar-refractivity contribution in [3.63, 3.8) is 0 Å². The Labute approximate surface area is 133 Å². The van der Waals surface area contributed by atoms with Crippen LogP contribution in [0.25, 0.3) is 0 Å². The first-order valence-corrected chi connectivity index (χ1v) is 7.35. The zero-order chi connectivity index (χ0) is 17.1. The molecule has 0 saturated heterocycles. The molecule has 8 nitrogen and oxygen atoms in total. The number of aromatic nitrogens is 1. The summed E-state index contributed by atoms with van der Waals surface area (Å²) in [6.45, 7) is 4.48. The number of aryl methyl sites for hydroxylation is 1. The van der Waals surface area contributed by atoms with E-state index < -0.39 is 29.5 Å². The number of Topliss-reactive ketones (excluding diaryl/α,β-unsaturated/α-hetero) is 1. The molecule has 2 unspecified atom stereocenters. The zero-order valence-corrected chi connectivity index (χ0v) is 13.4. The maximum atomic E-state index is 12.2. The van der Waals surface area contributed by atoms with Crippen molar-refractivity contribution in [3.05, 3.63) is 33.1 Å². The van der Waals surface area contributed by atoms with Gasteiger partial charge in [-0.1, -0.05) is 0 Å². The van der Waals surface area contributed by atoms with Gasteiger partial charge in [-0.3, -0.25) is 19.7 Å². The number of hydrogen-bond donors (Lipinski definition) is 0. The Morgan fingerprint density at radius 1 is 1.43 bits per heavy atom. The molecule has 1 aliphatic rings. The largest absolute Gasteiger partial charge is 0.457 e. The summed E-state index contributed by atoms with van der Waals surface area (Å²) in [5.41, 5.74) is 2.20. The first-order chi connectivity index (χ1) is 10.9. The molecule has 0 aliphatic heterocycles. The molecule has 1 aromatic heterocycles. The number of carbonyl (C=O) groups excluding carboxylic acids is 2. The lowest BCUT2D eigenvalue weighted by molar-refractivity contribution is -0.497. The second-order valence-electron chi connectivity index (χ2n) is 5.66. The molecule has 23 heavy (non-hydrogen) atoms. The van der Waals surface area contributed by atoms with Crippen molar-refractivity contribution in [1.82, 2.24) is 4.57 Å². The van der Waals surface area contributed by atoms with E-state index in [1.165, 1.54) is 0 Å². The van der Waals surface area contributed by atoms with Gasteiger partial charge in [0.2, 0.25) is 11.8 Å². The van der Waals surface area contributed by atoms with Gasteiger partial charge in [-0.2, -0.15) is 0 Å². The van der Waals surface area contributed by atoms with Gasteiger partial charge in [-0.05, 0) is 19.9 Å². The van der Waals surface area contributed by atoms with E-state index in [1.807, 2.05) is 18.4 Å². The maximum absolute atomic E-state index is 12.2. The summed E-state index contributed by atoms with van der Waals surface area (Å²) in [5.74, 6) is -1.70. The Bertz CT molecular complexity index is 636. The third-order valence-electron chi connectivity index (χ3n) is 4.07. The summed E-state index contributed by atoms with van der Waals surface area (Å²) >= 11 is 0. The summed E-state index contributed by atoms with van der Waals surface area (Å²) in [5, 5.41) is 10.5. The van der Waals surface area contributed by atoms with Gasteiger partial charge >= 0.3 is 5.97 Å². The van der Waals surface area contributed by atoms with Crippen molar-refractivity contribution < 1.29 is 24.0 Å². The fraction of sp³-hybridized carbons (Fsp3) is 0.600. The first kappa shape index (κ1) is 17.1. The van der Waals surface area contributed by atoms with Gasteiger partial charge in [0, 0.05) is 41.9 Å². The van der Waals surface area contributed by atoms with Crippen LogP contribution in [-0.2, 0) is 20.8 Å². The summed E-state index contributed by atoms with van der Waals surface area (Å²) < 4.78 is 11.9. The molecule has 1 aliphatic carbocycles. The number of esters is 1. The Morgan fingerprint density at radius 3 is 2.70 bits per heavy atom. The van der Waals surface area contributed by atoms with Gasteiger partial charge in [0.25, 0.3) is 0 Å². The van der Waals surface area contributed by atoms with Crippen LogP contribution in [0.1, 0.15) is 28.2 Å². The fourth-order valence-corrected chi connectivity index (χ4v) is 2.60. The highest BCUT2D eigenvalue weighted by molar-refractivity contribution is 5.99. The second-order valence-corrected chi connectivity index (χ2v) is 5.66. The minimum Gasteiger partial charge on any atom is -0.457 e. The number of ether oxygens (including phenoxy) is 2. The molecule has 0 amide bonds. The summed E-state index contributed by atoms with van der Waals surface area (Å²) in [4.78, 5) is 33.9. The third kappa shape index (κ3) is 3.76. The lowest BCUT2D eigenvalue weighted by Gasteiger charge is -2.09. The van der Waals surface area contributed by atoms with Crippen LogP contribution in [-0.4, -0.2) is 47.6 Å². The van der Waals surface area contributed by atoms with Gasteiger partial charge < -0.3 is 14.0 Å². The number of hydrogen-bond acceptors (Lipinski definition) is 6. The van der Waals surface area contributed by atoms with Crippen molar-refractivity contribution in [2.24, 2.45) is 5.92 Å². The molecule has 1 saturated carbocycles. The van der Waals surface area contributed by atoms with Gasteiger partial charge in [-0.25, -0.2) is 0 Å². The highest BCUT2D eigenvalue weighted by Gasteiger charge is 2.54. The van der Waals surface area contributed by atoms with E-state index in [0.29, 0.717) is 18.7 Å². The molecule has 8 heteroatoms. The van der Waals surface area contributed by atoms with E-state index in [9.17, 15) is 19.7 Å². The number of nitrogens with zero attached hydrogens (tertiary/aromatic N) is 2. The van der Waals surface area contributed by atoms with Crippen LogP contribution in [0.15, 0.2) is 6.07 Å². The van der Waals surface area contributed by atoms with Gasteiger partial charge in [0.05, 0.1) is 6.61 Å². The standard InChI is InChI=1S/C15H20N2O6/c1-9-6-11(10(2)16(9)4-5-22-3)14(18)8-23-15(19)12-7-13(12)17(20)21/h6,12-13H,4-5,7-8H2,1-3H3. The van der Waals surface area contributed by atoms with Gasteiger partial charge in [0.15, 0.2) is 6.61 Å². The van der Waals surface area contributed by atoms with Crippen molar-refractivity contribution in [2.75, 3.05) is 20.3 Å². The molecule has 1 heterocycles. The van der Waals surface area contributed by atoms with E-state index >= 15 is 0 Å². The number of nitro groups is 1. The van der Waals surface area contributed by atoms with E-state index in [-0.39, 0.29) is 12.2 Å².